The van der Waals surface area contributed by atoms with Crippen LogP contribution in [0.5, 0.6) is 11.5 Å². The largest absolute Gasteiger partial charge is 0.490 e. The Bertz CT molecular complexity index is 439. The molecule has 1 aromatic carbocycles. The standard InChI is InChI=1S/C17H29IN2O2/c1-5-7-10-22-17-15(18)11-14(12-16(17)21-6-2)13-19-8-9-20(3)4/h11-12,19H,5-10,13H2,1-4H3. The molecule has 1 aromatic rings. The van der Waals surface area contributed by atoms with Gasteiger partial charge in [0.05, 0.1) is 16.8 Å². The lowest BCUT2D eigenvalue weighted by Gasteiger charge is -2.16. The SMILES string of the molecule is CCCCOc1c(I)cc(CNCCN(C)C)cc1OCC. The lowest BCUT2D eigenvalue weighted by molar-refractivity contribution is 0.270. The van der Waals surface area contributed by atoms with Gasteiger partial charge in [-0.2, -0.15) is 0 Å². The van der Waals surface area contributed by atoms with E-state index >= 15 is 0 Å². The first-order valence-corrected chi connectivity index (χ1v) is 9.09. The number of halogens is 1. The van der Waals surface area contributed by atoms with Gasteiger partial charge in [-0.15, -0.1) is 0 Å². The van der Waals surface area contributed by atoms with Crippen LogP contribution in [0.3, 0.4) is 0 Å². The Morgan fingerprint density at radius 1 is 1.18 bits per heavy atom. The highest BCUT2D eigenvalue weighted by atomic mass is 127. The smallest absolute Gasteiger partial charge is 0.174 e. The average Bonchev–Trinajstić information content (AvgIpc) is 2.46. The van der Waals surface area contributed by atoms with Crippen LogP contribution >= 0.6 is 22.6 Å². The summed E-state index contributed by atoms with van der Waals surface area (Å²) in [6, 6.07) is 4.27. The minimum atomic E-state index is 0.651. The van der Waals surface area contributed by atoms with E-state index in [0.717, 1.165) is 54.2 Å². The summed E-state index contributed by atoms with van der Waals surface area (Å²) in [5.41, 5.74) is 1.23. The van der Waals surface area contributed by atoms with E-state index in [1.165, 1.54) is 5.56 Å². The summed E-state index contributed by atoms with van der Waals surface area (Å²) in [5.74, 6) is 1.74. The van der Waals surface area contributed by atoms with Gasteiger partial charge >= 0.3 is 0 Å². The summed E-state index contributed by atoms with van der Waals surface area (Å²) in [6.45, 7) is 8.42. The second-order valence-corrected chi connectivity index (χ2v) is 6.68. The quantitative estimate of drug-likeness (QED) is 0.439. The van der Waals surface area contributed by atoms with Gasteiger partial charge < -0.3 is 19.7 Å². The molecular formula is C17H29IN2O2. The lowest BCUT2D eigenvalue weighted by atomic mass is 10.2. The predicted molar refractivity (Wildman–Crippen MR) is 101 cm³/mol. The molecule has 0 saturated carbocycles. The number of unbranched alkanes of at least 4 members (excludes halogenated alkanes) is 1. The number of hydrogen-bond acceptors (Lipinski definition) is 4. The van der Waals surface area contributed by atoms with E-state index < -0.39 is 0 Å². The maximum absolute atomic E-state index is 5.91. The van der Waals surface area contributed by atoms with Gasteiger partial charge in [0.2, 0.25) is 0 Å². The molecular weight excluding hydrogens is 391 g/mol. The molecule has 0 atom stereocenters. The van der Waals surface area contributed by atoms with Gasteiger partial charge in [-0.1, -0.05) is 13.3 Å². The van der Waals surface area contributed by atoms with Gasteiger partial charge in [-0.3, -0.25) is 0 Å². The first-order valence-electron chi connectivity index (χ1n) is 8.01. The molecule has 4 nitrogen and oxygen atoms in total. The van der Waals surface area contributed by atoms with Crippen LogP contribution in [-0.4, -0.2) is 45.3 Å². The number of nitrogens with zero attached hydrogens (tertiary/aromatic N) is 1. The van der Waals surface area contributed by atoms with E-state index in [2.05, 4.69) is 66.0 Å². The van der Waals surface area contributed by atoms with E-state index in [4.69, 9.17) is 9.47 Å². The van der Waals surface area contributed by atoms with Crippen molar-refractivity contribution in [3.8, 4) is 11.5 Å². The molecule has 0 unspecified atom stereocenters. The molecule has 5 heteroatoms. The molecule has 0 aliphatic carbocycles. The molecule has 0 fully saturated rings. The van der Waals surface area contributed by atoms with Crippen molar-refractivity contribution in [1.82, 2.24) is 10.2 Å². The zero-order chi connectivity index (χ0) is 16.4. The third kappa shape index (κ3) is 7.15. The first kappa shape index (κ1) is 19.5. The molecule has 0 bridgehead atoms. The first-order chi connectivity index (χ1) is 10.6. The van der Waals surface area contributed by atoms with Crippen LogP contribution in [0.15, 0.2) is 12.1 Å². The number of ether oxygens (including phenoxy) is 2. The van der Waals surface area contributed by atoms with Gasteiger partial charge in [0.15, 0.2) is 11.5 Å². The molecule has 0 radical (unpaired) electrons. The molecule has 0 aliphatic rings. The highest BCUT2D eigenvalue weighted by Crippen LogP contribution is 2.34. The normalized spacial score (nSPS) is 11.0. The second kappa shape index (κ2) is 11.1. The summed E-state index contributed by atoms with van der Waals surface area (Å²) in [6.07, 6.45) is 2.20. The number of likely N-dealkylation sites (N-methyl/N-ethyl adjacent to an activating group) is 1. The van der Waals surface area contributed by atoms with Crippen LogP contribution in [0.4, 0.5) is 0 Å². The molecule has 0 heterocycles. The van der Waals surface area contributed by atoms with Crippen LogP contribution in [0.1, 0.15) is 32.3 Å². The maximum Gasteiger partial charge on any atom is 0.174 e. The monoisotopic (exact) mass is 420 g/mol. The molecule has 1 rings (SSSR count). The third-order valence-electron chi connectivity index (χ3n) is 3.18. The molecule has 0 spiro atoms. The fraction of sp³-hybridized carbons (Fsp3) is 0.647. The van der Waals surface area contributed by atoms with Crippen LogP contribution in [-0.2, 0) is 6.54 Å². The highest BCUT2D eigenvalue weighted by Gasteiger charge is 2.12. The van der Waals surface area contributed by atoms with Crippen LogP contribution < -0.4 is 14.8 Å². The van der Waals surface area contributed by atoms with Crippen molar-refractivity contribution in [3.63, 3.8) is 0 Å². The van der Waals surface area contributed by atoms with Crippen molar-refractivity contribution < 1.29 is 9.47 Å². The Kier molecular flexibility index (Phi) is 9.82. The zero-order valence-electron chi connectivity index (χ0n) is 14.2. The maximum atomic E-state index is 5.91. The molecule has 0 saturated heterocycles. The molecule has 0 aliphatic heterocycles. The van der Waals surface area contributed by atoms with Gasteiger partial charge in [-0.25, -0.2) is 0 Å². The van der Waals surface area contributed by atoms with Crippen molar-refractivity contribution in [2.45, 2.75) is 33.2 Å². The van der Waals surface area contributed by atoms with Crippen LogP contribution in [0.25, 0.3) is 0 Å². The Labute approximate surface area is 148 Å². The fourth-order valence-corrected chi connectivity index (χ4v) is 2.80. The number of benzene rings is 1. The summed E-state index contributed by atoms with van der Waals surface area (Å²) < 4.78 is 12.8. The second-order valence-electron chi connectivity index (χ2n) is 5.52. The Balaban J connectivity index is 2.71. The predicted octanol–water partition coefficient (Wildman–Crippen LogP) is 3.52. The number of nitrogens with one attached hydrogen (secondary N) is 1. The molecule has 0 amide bonds. The van der Waals surface area contributed by atoms with Gasteiger partial charge in [0, 0.05) is 19.6 Å². The Morgan fingerprint density at radius 2 is 1.95 bits per heavy atom. The van der Waals surface area contributed by atoms with E-state index in [0.29, 0.717) is 6.61 Å². The summed E-state index contributed by atoms with van der Waals surface area (Å²) in [7, 11) is 4.17. The van der Waals surface area contributed by atoms with Crippen LogP contribution in [0, 0.1) is 3.57 Å². The van der Waals surface area contributed by atoms with Gasteiger partial charge in [0.1, 0.15) is 0 Å². The number of rotatable bonds is 11. The zero-order valence-corrected chi connectivity index (χ0v) is 16.4. The topological polar surface area (TPSA) is 33.7 Å². The minimum Gasteiger partial charge on any atom is -0.490 e. The summed E-state index contributed by atoms with van der Waals surface area (Å²) >= 11 is 2.33. The average molecular weight is 420 g/mol. The Hall–Kier alpha value is -0.530. The van der Waals surface area contributed by atoms with Gasteiger partial charge in [-0.05, 0) is 67.7 Å². The molecule has 126 valence electrons. The minimum absolute atomic E-state index is 0.651. The fourth-order valence-electron chi connectivity index (χ4n) is 1.98. The third-order valence-corrected chi connectivity index (χ3v) is 3.98. The van der Waals surface area contributed by atoms with E-state index in [1.54, 1.807) is 0 Å². The van der Waals surface area contributed by atoms with E-state index in [9.17, 15) is 0 Å². The van der Waals surface area contributed by atoms with E-state index in [-0.39, 0.29) is 0 Å². The van der Waals surface area contributed by atoms with Crippen molar-refractivity contribution in [2.24, 2.45) is 0 Å². The van der Waals surface area contributed by atoms with Gasteiger partial charge in [0.25, 0.3) is 0 Å². The van der Waals surface area contributed by atoms with E-state index in [1.807, 2.05) is 6.92 Å². The number of hydrogen-bond donors (Lipinski definition) is 1. The van der Waals surface area contributed by atoms with Crippen molar-refractivity contribution in [1.29, 1.82) is 0 Å². The molecule has 0 aromatic heterocycles. The van der Waals surface area contributed by atoms with Crippen molar-refractivity contribution in [3.05, 3.63) is 21.3 Å². The Morgan fingerprint density at radius 3 is 2.59 bits per heavy atom. The lowest BCUT2D eigenvalue weighted by Crippen LogP contribution is -2.26. The molecule has 1 N–H and O–H groups in total. The molecule has 22 heavy (non-hydrogen) atoms. The van der Waals surface area contributed by atoms with Crippen molar-refractivity contribution in [2.75, 3.05) is 40.4 Å². The van der Waals surface area contributed by atoms with Crippen molar-refractivity contribution >= 4 is 22.6 Å². The highest BCUT2D eigenvalue weighted by molar-refractivity contribution is 14.1. The summed E-state index contributed by atoms with van der Waals surface area (Å²) in [5, 5.41) is 3.46. The summed E-state index contributed by atoms with van der Waals surface area (Å²) in [4.78, 5) is 2.17. The van der Waals surface area contributed by atoms with Crippen LogP contribution in [0.2, 0.25) is 0 Å².